The molecule has 0 N–H and O–H groups in total. The molecule has 1 aromatic heterocycles. The maximum atomic E-state index is 13.7. The number of hydrogen-bond donors (Lipinski definition) is 0. The lowest BCUT2D eigenvalue weighted by Crippen LogP contribution is -2.21. The summed E-state index contributed by atoms with van der Waals surface area (Å²) in [5.74, 6) is -1.37. The first kappa shape index (κ1) is 18.5. The molecule has 1 heterocycles. The van der Waals surface area contributed by atoms with E-state index in [-0.39, 0.29) is 23.3 Å². The van der Waals surface area contributed by atoms with E-state index >= 15 is 0 Å². The van der Waals surface area contributed by atoms with Crippen LogP contribution in [-0.4, -0.2) is 22.9 Å². The zero-order valence-corrected chi connectivity index (χ0v) is 15.0. The second-order valence-corrected chi connectivity index (χ2v) is 6.14. The zero-order chi connectivity index (χ0) is 19.6. The van der Waals surface area contributed by atoms with Crippen molar-refractivity contribution in [2.24, 2.45) is 0 Å². The van der Waals surface area contributed by atoms with Crippen LogP contribution in [-0.2, 0) is 11.3 Å². The largest absolute Gasteiger partial charge is 0.462 e. The summed E-state index contributed by atoms with van der Waals surface area (Å²) in [6.07, 6.45) is 1.42. The summed E-state index contributed by atoms with van der Waals surface area (Å²) in [5, 5.41) is 0.100. The number of Topliss-reactive ketones (excluding diaryl/α,β-unsaturated/α-hetero) is 1. The molecule has 0 aliphatic carbocycles. The van der Waals surface area contributed by atoms with Crippen LogP contribution in [0.25, 0.3) is 10.9 Å². The Labute approximate surface area is 155 Å². The van der Waals surface area contributed by atoms with Gasteiger partial charge in [-0.15, -0.1) is 0 Å². The molecule has 0 saturated heterocycles. The van der Waals surface area contributed by atoms with E-state index < -0.39 is 17.2 Å². The highest BCUT2D eigenvalue weighted by Crippen LogP contribution is 2.17. The van der Waals surface area contributed by atoms with Crippen LogP contribution in [0.5, 0.6) is 0 Å². The molecule has 6 heteroatoms. The lowest BCUT2D eigenvalue weighted by Gasteiger charge is -2.14. The fourth-order valence-corrected chi connectivity index (χ4v) is 2.94. The summed E-state index contributed by atoms with van der Waals surface area (Å²) in [4.78, 5) is 36.4. The van der Waals surface area contributed by atoms with Gasteiger partial charge in [0.1, 0.15) is 11.4 Å². The minimum Gasteiger partial charge on any atom is -0.462 e. The molecule has 0 saturated carbocycles. The summed E-state index contributed by atoms with van der Waals surface area (Å²) in [5.41, 5.74) is 1.14. The molecule has 0 radical (unpaired) electrons. The van der Waals surface area contributed by atoms with Crippen LogP contribution in [0.1, 0.15) is 40.1 Å². The van der Waals surface area contributed by atoms with E-state index in [1.807, 2.05) is 6.07 Å². The number of fused-ring (bicyclic) bond motifs is 1. The van der Waals surface area contributed by atoms with Gasteiger partial charge < -0.3 is 9.30 Å². The van der Waals surface area contributed by atoms with Gasteiger partial charge in [0.25, 0.3) is 0 Å². The van der Waals surface area contributed by atoms with Crippen LogP contribution in [0.3, 0.4) is 0 Å². The topological polar surface area (TPSA) is 65.4 Å². The predicted octanol–water partition coefficient (Wildman–Crippen LogP) is 3.57. The van der Waals surface area contributed by atoms with Crippen molar-refractivity contribution in [1.29, 1.82) is 0 Å². The predicted molar refractivity (Wildman–Crippen MR) is 99.7 cm³/mol. The Morgan fingerprint density at radius 1 is 1.15 bits per heavy atom. The molecule has 5 nitrogen and oxygen atoms in total. The van der Waals surface area contributed by atoms with Crippen molar-refractivity contribution in [2.45, 2.75) is 20.4 Å². The number of halogens is 1. The maximum absolute atomic E-state index is 13.7. The van der Waals surface area contributed by atoms with E-state index in [2.05, 4.69) is 0 Å². The van der Waals surface area contributed by atoms with E-state index in [0.29, 0.717) is 17.6 Å². The number of benzene rings is 2. The molecule has 0 unspecified atom stereocenters. The Kier molecular flexibility index (Phi) is 5.16. The van der Waals surface area contributed by atoms with E-state index in [9.17, 15) is 18.8 Å². The number of ketones is 1. The lowest BCUT2D eigenvalue weighted by atomic mass is 10.1. The Morgan fingerprint density at radius 2 is 1.93 bits per heavy atom. The maximum Gasteiger partial charge on any atom is 0.343 e. The van der Waals surface area contributed by atoms with Gasteiger partial charge in [-0.25, -0.2) is 9.18 Å². The molecule has 0 amide bonds. The quantitative estimate of drug-likeness (QED) is 0.511. The average Bonchev–Trinajstić information content (AvgIpc) is 2.64. The third kappa shape index (κ3) is 3.79. The smallest absolute Gasteiger partial charge is 0.343 e. The van der Waals surface area contributed by atoms with Gasteiger partial charge in [0.15, 0.2) is 5.78 Å². The molecule has 3 rings (SSSR count). The summed E-state index contributed by atoms with van der Waals surface area (Å²) >= 11 is 0. The van der Waals surface area contributed by atoms with Crippen molar-refractivity contribution in [1.82, 2.24) is 4.57 Å². The molecule has 27 heavy (non-hydrogen) atoms. The number of aromatic nitrogens is 1. The molecule has 0 aliphatic rings. The molecular weight excluding hydrogens is 349 g/mol. The molecule has 138 valence electrons. The minimum absolute atomic E-state index is 0.0594. The number of nitrogens with zero attached hydrogens (tertiary/aromatic N) is 1. The number of hydrogen-bond acceptors (Lipinski definition) is 4. The first-order chi connectivity index (χ1) is 12.9. The molecule has 0 bridgehead atoms. The van der Waals surface area contributed by atoms with Crippen LogP contribution in [0, 0.1) is 5.82 Å². The minimum atomic E-state index is -0.750. The van der Waals surface area contributed by atoms with E-state index in [1.165, 1.54) is 25.3 Å². The summed E-state index contributed by atoms with van der Waals surface area (Å²) < 4.78 is 20.3. The third-order valence-electron chi connectivity index (χ3n) is 4.22. The highest BCUT2D eigenvalue weighted by Gasteiger charge is 2.17. The molecular formula is C21H18FNO4. The van der Waals surface area contributed by atoms with Gasteiger partial charge >= 0.3 is 5.97 Å². The standard InChI is InChI=1S/C21H18FNO4/c1-3-27-21(26)18-12-23(11-14-5-4-6-15(9-14)13(2)24)19-8-7-16(22)10-17(19)20(18)25/h4-10,12H,3,11H2,1-2H3. The van der Waals surface area contributed by atoms with Crippen molar-refractivity contribution in [3.8, 4) is 0 Å². The van der Waals surface area contributed by atoms with Gasteiger partial charge in [-0.05, 0) is 43.7 Å². The van der Waals surface area contributed by atoms with E-state index in [0.717, 1.165) is 11.6 Å². The number of rotatable bonds is 5. The van der Waals surface area contributed by atoms with Crippen molar-refractivity contribution < 1.29 is 18.7 Å². The van der Waals surface area contributed by atoms with Crippen LogP contribution in [0.4, 0.5) is 4.39 Å². The van der Waals surface area contributed by atoms with Crippen LogP contribution < -0.4 is 5.43 Å². The Balaban J connectivity index is 2.18. The molecule has 0 spiro atoms. The highest BCUT2D eigenvalue weighted by molar-refractivity contribution is 5.94. The zero-order valence-electron chi connectivity index (χ0n) is 15.0. The first-order valence-corrected chi connectivity index (χ1v) is 8.50. The van der Waals surface area contributed by atoms with Crippen LogP contribution >= 0.6 is 0 Å². The average molecular weight is 367 g/mol. The number of esters is 1. The van der Waals surface area contributed by atoms with E-state index in [1.54, 1.807) is 29.7 Å². The fraction of sp³-hybridized carbons (Fsp3) is 0.190. The SMILES string of the molecule is CCOC(=O)c1cn(Cc2cccc(C(C)=O)c2)c2ccc(F)cc2c1=O. The normalized spacial score (nSPS) is 10.8. The molecule has 3 aromatic rings. The number of carbonyl (C=O) groups excluding carboxylic acids is 2. The van der Waals surface area contributed by atoms with E-state index in [4.69, 9.17) is 4.74 Å². The van der Waals surface area contributed by atoms with Crippen molar-refractivity contribution in [2.75, 3.05) is 6.61 Å². The highest BCUT2D eigenvalue weighted by atomic mass is 19.1. The molecule has 0 fully saturated rings. The summed E-state index contributed by atoms with van der Waals surface area (Å²) in [6, 6.07) is 10.9. The molecule has 0 atom stereocenters. The second kappa shape index (κ2) is 7.53. The summed E-state index contributed by atoms with van der Waals surface area (Å²) in [6.45, 7) is 3.55. The Bertz CT molecular complexity index is 1100. The van der Waals surface area contributed by atoms with Crippen molar-refractivity contribution >= 4 is 22.7 Å². The molecule has 0 aliphatic heterocycles. The number of ether oxygens (including phenoxy) is 1. The Hall–Kier alpha value is -3.28. The van der Waals surface area contributed by atoms with Crippen molar-refractivity contribution in [3.05, 3.63) is 81.4 Å². The van der Waals surface area contributed by atoms with Crippen LogP contribution in [0.15, 0.2) is 53.5 Å². The Morgan fingerprint density at radius 3 is 2.63 bits per heavy atom. The van der Waals surface area contributed by atoms with Gasteiger partial charge in [0.05, 0.1) is 12.1 Å². The number of pyridine rings is 1. The monoisotopic (exact) mass is 367 g/mol. The second-order valence-electron chi connectivity index (χ2n) is 6.14. The fourth-order valence-electron chi connectivity index (χ4n) is 2.94. The van der Waals surface area contributed by atoms with Gasteiger partial charge in [0, 0.05) is 23.7 Å². The van der Waals surface area contributed by atoms with Crippen molar-refractivity contribution in [3.63, 3.8) is 0 Å². The lowest BCUT2D eigenvalue weighted by molar-refractivity contribution is 0.0524. The number of carbonyl (C=O) groups is 2. The van der Waals surface area contributed by atoms with Gasteiger partial charge in [-0.1, -0.05) is 18.2 Å². The third-order valence-corrected chi connectivity index (χ3v) is 4.22. The van der Waals surface area contributed by atoms with Gasteiger partial charge in [-0.3, -0.25) is 9.59 Å². The first-order valence-electron chi connectivity index (χ1n) is 8.50. The van der Waals surface area contributed by atoms with Gasteiger partial charge in [0.2, 0.25) is 5.43 Å². The van der Waals surface area contributed by atoms with Crippen LogP contribution in [0.2, 0.25) is 0 Å². The van der Waals surface area contributed by atoms with Gasteiger partial charge in [-0.2, -0.15) is 0 Å². The molecule has 2 aromatic carbocycles. The summed E-state index contributed by atoms with van der Waals surface area (Å²) in [7, 11) is 0.